The maximum atomic E-state index is 5.76. The first-order valence-corrected chi connectivity index (χ1v) is 7.82. The van der Waals surface area contributed by atoms with Gasteiger partial charge < -0.3 is 14.0 Å². The van der Waals surface area contributed by atoms with Gasteiger partial charge in [0.25, 0.3) is 0 Å². The van der Waals surface area contributed by atoms with Crippen molar-refractivity contribution in [2.24, 2.45) is 5.41 Å². The van der Waals surface area contributed by atoms with Crippen molar-refractivity contribution in [3.8, 4) is 0 Å². The van der Waals surface area contributed by atoms with Crippen LogP contribution in [0.3, 0.4) is 0 Å². The highest BCUT2D eigenvalue weighted by Gasteiger charge is 2.35. The Hall–Kier alpha value is -0.425. The van der Waals surface area contributed by atoms with Gasteiger partial charge in [0.1, 0.15) is 11.1 Å². The van der Waals surface area contributed by atoms with Crippen LogP contribution >= 0.6 is 11.3 Å². The first-order chi connectivity index (χ1) is 9.14. The molecule has 1 unspecified atom stereocenters. The molecule has 2 aliphatic heterocycles. The Bertz CT molecular complexity index is 421. The molecule has 2 aliphatic rings. The molecule has 4 nitrogen and oxygen atoms in total. The van der Waals surface area contributed by atoms with Gasteiger partial charge >= 0.3 is 7.12 Å². The lowest BCUT2D eigenvalue weighted by Gasteiger charge is -2.32. The largest absolute Gasteiger partial charge is 0.514 e. The van der Waals surface area contributed by atoms with Gasteiger partial charge in [0.05, 0.1) is 5.59 Å². The zero-order valence-electron chi connectivity index (χ0n) is 11.6. The Morgan fingerprint density at radius 3 is 2.79 bits per heavy atom. The highest BCUT2D eigenvalue weighted by molar-refractivity contribution is 7.10. The van der Waals surface area contributed by atoms with E-state index in [9.17, 15) is 0 Å². The van der Waals surface area contributed by atoms with Gasteiger partial charge in [-0.05, 0) is 19.3 Å². The van der Waals surface area contributed by atoms with Crippen molar-refractivity contribution < 1.29 is 14.0 Å². The number of hydrogen-bond donors (Lipinski definition) is 0. The molecule has 2 fully saturated rings. The van der Waals surface area contributed by atoms with E-state index >= 15 is 0 Å². The Labute approximate surface area is 118 Å². The topological polar surface area (TPSA) is 40.6 Å². The summed E-state index contributed by atoms with van der Waals surface area (Å²) >= 11 is 1.65. The zero-order valence-corrected chi connectivity index (χ0v) is 12.4. The fraction of sp³-hybridized carbons (Fsp3) is 0.769. The van der Waals surface area contributed by atoms with Gasteiger partial charge in [-0.1, -0.05) is 13.8 Å². The number of aromatic nitrogens is 1. The molecule has 0 amide bonds. The number of ether oxygens (including phenoxy) is 1. The summed E-state index contributed by atoms with van der Waals surface area (Å²) in [5.41, 5.74) is 0.992. The quantitative estimate of drug-likeness (QED) is 0.779. The van der Waals surface area contributed by atoms with E-state index in [1.807, 2.05) is 5.38 Å². The summed E-state index contributed by atoms with van der Waals surface area (Å²) in [7, 11) is -0.304. The van der Waals surface area contributed by atoms with Crippen LogP contribution in [0.1, 0.15) is 44.2 Å². The second kappa shape index (κ2) is 5.52. The van der Waals surface area contributed by atoms with Crippen molar-refractivity contribution in [2.45, 2.75) is 39.2 Å². The van der Waals surface area contributed by atoms with Crippen LogP contribution in [0, 0.1) is 5.41 Å². The molecule has 3 rings (SSSR count). The molecule has 1 aromatic rings. The molecule has 1 aromatic heterocycles. The zero-order chi connectivity index (χ0) is 13.3. The standard InChI is InChI=1S/C13H20BNO3S/c1-13(2)8-17-14(18-9-13)11-7-19-12(15-11)10-5-3-4-6-16-10/h7,10H,3-6,8-9H2,1-2H3. The summed E-state index contributed by atoms with van der Waals surface area (Å²) in [6.45, 7) is 6.57. The van der Waals surface area contributed by atoms with Crippen LogP contribution in [0.2, 0.25) is 0 Å². The van der Waals surface area contributed by atoms with E-state index in [2.05, 4.69) is 18.8 Å². The van der Waals surface area contributed by atoms with Crippen LogP contribution < -0.4 is 5.59 Å². The van der Waals surface area contributed by atoms with Gasteiger partial charge in [-0.15, -0.1) is 11.3 Å². The molecule has 0 aliphatic carbocycles. The Balaban J connectivity index is 1.64. The molecule has 0 radical (unpaired) electrons. The average Bonchev–Trinajstić information content (AvgIpc) is 2.89. The lowest BCUT2D eigenvalue weighted by atomic mass is 9.81. The molecule has 2 saturated heterocycles. The van der Waals surface area contributed by atoms with Gasteiger partial charge in [-0.2, -0.15) is 0 Å². The first-order valence-electron chi connectivity index (χ1n) is 6.94. The molecule has 0 saturated carbocycles. The predicted molar refractivity (Wildman–Crippen MR) is 75.7 cm³/mol. The molecule has 1 atom stereocenters. The van der Waals surface area contributed by atoms with Crippen molar-refractivity contribution in [3.63, 3.8) is 0 Å². The number of nitrogens with zero attached hydrogens (tertiary/aromatic N) is 1. The summed E-state index contributed by atoms with van der Waals surface area (Å²) < 4.78 is 17.3. The normalized spacial score (nSPS) is 27.5. The molecular formula is C13H20BNO3S. The molecule has 19 heavy (non-hydrogen) atoms. The summed E-state index contributed by atoms with van der Waals surface area (Å²) in [6, 6.07) is 0. The van der Waals surface area contributed by atoms with Crippen molar-refractivity contribution in [1.82, 2.24) is 4.98 Å². The van der Waals surface area contributed by atoms with E-state index in [1.165, 1.54) is 12.8 Å². The minimum Gasteiger partial charge on any atom is -0.406 e. The second-order valence-corrected chi connectivity index (χ2v) is 6.97. The van der Waals surface area contributed by atoms with Crippen LogP contribution in [0.15, 0.2) is 5.38 Å². The second-order valence-electron chi connectivity index (χ2n) is 6.08. The molecule has 104 valence electrons. The van der Waals surface area contributed by atoms with E-state index in [0.29, 0.717) is 13.2 Å². The van der Waals surface area contributed by atoms with Crippen LogP contribution in [0.25, 0.3) is 0 Å². The smallest absolute Gasteiger partial charge is 0.406 e. The highest BCUT2D eigenvalue weighted by Crippen LogP contribution is 2.29. The van der Waals surface area contributed by atoms with E-state index < -0.39 is 0 Å². The fourth-order valence-electron chi connectivity index (χ4n) is 2.36. The van der Waals surface area contributed by atoms with Gasteiger partial charge in [0.15, 0.2) is 0 Å². The third-order valence-corrected chi connectivity index (χ3v) is 4.44. The minimum atomic E-state index is -0.304. The van der Waals surface area contributed by atoms with Crippen LogP contribution in [0.5, 0.6) is 0 Å². The van der Waals surface area contributed by atoms with Crippen molar-refractivity contribution in [1.29, 1.82) is 0 Å². The SMILES string of the molecule is CC1(C)COB(c2csc(C3CCCCO3)n2)OC1. The maximum absolute atomic E-state index is 5.76. The van der Waals surface area contributed by atoms with E-state index in [0.717, 1.165) is 23.6 Å². The van der Waals surface area contributed by atoms with Crippen molar-refractivity contribution in [2.75, 3.05) is 19.8 Å². The predicted octanol–water partition coefficient (Wildman–Crippen LogP) is 2.15. The number of thiazole rings is 1. The number of rotatable bonds is 2. The monoisotopic (exact) mass is 281 g/mol. The van der Waals surface area contributed by atoms with Crippen molar-refractivity contribution in [3.05, 3.63) is 10.4 Å². The van der Waals surface area contributed by atoms with Crippen LogP contribution in [-0.2, 0) is 14.0 Å². The molecule has 3 heterocycles. The molecule has 0 bridgehead atoms. The summed E-state index contributed by atoms with van der Waals surface area (Å²) in [5.74, 6) is 0. The first kappa shape index (κ1) is 13.6. The Morgan fingerprint density at radius 2 is 2.11 bits per heavy atom. The lowest BCUT2D eigenvalue weighted by molar-refractivity contribution is 0.0147. The minimum absolute atomic E-state index is 0.0990. The van der Waals surface area contributed by atoms with Gasteiger partial charge in [0.2, 0.25) is 0 Å². The van der Waals surface area contributed by atoms with Crippen LogP contribution in [0.4, 0.5) is 0 Å². The van der Waals surface area contributed by atoms with Gasteiger partial charge in [0, 0.05) is 30.6 Å². The lowest BCUT2D eigenvalue weighted by Crippen LogP contribution is -2.47. The van der Waals surface area contributed by atoms with E-state index in [-0.39, 0.29) is 18.6 Å². The third-order valence-electron chi connectivity index (χ3n) is 3.49. The third kappa shape index (κ3) is 3.19. The van der Waals surface area contributed by atoms with E-state index in [1.54, 1.807) is 11.3 Å². The highest BCUT2D eigenvalue weighted by atomic mass is 32.1. The summed E-state index contributed by atoms with van der Waals surface area (Å²) in [4.78, 5) is 4.65. The number of hydrogen-bond acceptors (Lipinski definition) is 5. The van der Waals surface area contributed by atoms with E-state index in [4.69, 9.17) is 14.0 Å². The maximum Gasteiger partial charge on any atom is 0.514 e. The molecule has 0 spiro atoms. The Kier molecular flexibility index (Phi) is 3.94. The Morgan fingerprint density at radius 1 is 1.32 bits per heavy atom. The van der Waals surface area contributed by atoms with Gasteiger partial charge in [-0.25, -0.2) is 4.98 Å². The molecule has 0 aromatic carbocycles. The average molecular weight is 281 g/mol. The molecule has 0 N–H and O–H groups in total. The van der Waals surface area contributed by atoms with Crippen LogP contribution in [-0.4, -0.2) is 31.9 Å². The summed E-state index contributed by atoms with van der Waals surface area (Å²) in [6.07, 6.45) is 3.64. The van der Waals surface area contributed by atoms with Gasteiger partial charge in [-0.3, -0.25) is 0 Å². The molecular weight excluding hydrogens is 261 g/mol. The molecule has 6 heteroatoms. The summed E-state index contributed by atoms with van der Waals surface area (Å²) in [5, 5.41) is 3.10. The fourth-order valence-corrected chi connectivity index (χ4v) is 3.26. The van der Waals surface area contributed by atoms with Crippen molar-refractivity contribution >= 4 is 24.0 Å².